The van der Waals surface area contributed by atoms with Gasteiger partial charge < -0.3 is 15.3 Å². The zero-order valence-corrected chi connectivity index (χ0v) is 17.4. The van der Waals surface area contributed by atoms with Gasteiger partial charge in [0.1, 0.15) is 11.6 Å². The van der Waals surface area contributed by atoms with E-state index < -0.39 is 11.6 Å². The molecule has 4 rings (SSSR count). The van der Waals surface area contributed by atoms with E-state index in [-0.39, 0.29) is 41.4 Å². The van der Waals surface area contributed by atoms with Gasteiger partial charge in [-0.05, 0) is 36.4 Å². The Morgan fingerprint density at radius 3 is 2.77 bits per heavy atom. The number of nitrogens with one attached hydrogen (secondary N) is 1. The number of benzene rings is 1. The summed E-state index contributed by atoms with van der Waals surface area (Å²) < 4.78 is 29.3. The maximum Gasteiger partial charge on any atom is 0.223 e. The SMILES string of the molecule is O=C(NCCO)C1CCN(c2nc(-c3cc(F)c(Cl)cc3F)nc3ccsc23)CC1. The maximum absolute atomic E-state index is 14.5. The summed E-state index contributed by atoms with van der Waals surface area (Å²) >= 11 is 7.14. The fourth-order valence-corrected chi connectivity index (χ4v) is 4.55. The van der Waals surface area contributed by atoms with Crippen LogP contribution in [0.1, 0.15) is 12.8 Å². The zero-order chi connectivity index (χ0) is 21.3. The van der Waals surface area contributed by atoms with Crippen LogP contribution in [0.2, 0.25) is 5.02 Å². The van der Waals surface area contributed by atoms with Crippen LogP contribution in [0.4, 0.5) is 14.6 Å². The van der Waals surface area contributed by atoms with Crippen molar-refractivity contribution in [3.05, 3.63) is 40.2 Å². The summed E-state index contributed by atoms with van der Waals surface area (Å²) in [5.41, 5.74) is 0.599. The predicted molar refractivity (Wildman–Crippen MR) is 113 cm³/mol. The minimum atomic E-state index is -0.738. The highest BCUT2D eigenvalue weighted by Crippen LogP contribution is 2.35. The summed E-state index contributed by atoms with van der Waals surface area (Å²) in [5.74, 6) is -0.886. The Balaban J connectivity index is 1.63. The summed E-state index contributed by atoms with van der Waals surface area (Å²) in [5, 5.41) is 13.2. The van der Waals surface area contributed by atoms with Gasteiger partial charge in [0.15, 0.2) is 11.6 Å². The van der Waals surface area contributed by atoms with Crippen LogP contribution in [0.5, 0.6) is 0 Å². The fraction of sp³-hybridized carbons (Fsp3) is 0.350. The number of hydrogen-bond acceptors (Lipinski definition) is 6. The van der Waals surface area contributed by atoms with E-state index in [2.05, 4.69) is 15.3 Å². The molecule has 10 heteroatoms. The Hall–Kier alpha value is -2.36. The fourth-order valence-electron chi connectivity index (χ4n) is 3.55. The van der Waals surface area contributed by atoms with Crippen LogP contribution in [0.25, 0.3) is 21.6 Å². The van der Waals surface area contributed by atoms with Gasteiger partial charge in [-0.3, -0.25) is 4.79 Å². The highest BCUT2D eigenvalue weighted by atomic mass is 35.5. The van der Waals surface area contributed by atoms with Gasteiger partial charge in [-0.1, -0.05) is 11.6 Å². The second kappa shape index (κ2) is 8.79. The molecule has 0 atom stereocenters. The number of anilines is 1. The molecule has 0 spiro atoms. The minimum absolute atomic E-state index is 0.0514. The lowest BCUT2D eigenvalue weighted by molar-refractivity contribution is -0.125. The molecule has 6 nitrogen and oxygen atoms in total. The second-order valence-corrected chi connectivity index (χ2v) is 8.35. The van der Waals surface area contributed by atoms with Crippen molar-refractivity contribution in [2.75, 3.05) is 31.1 Å². The smallest absolute Gasteiger partial charge is 0.223 e. The summed E-state index contributed by atoms with van der Waals surface area (Å²) in [4.78, 5) is 23.2. The van der Waals surface area contributed by atoms with Gasteiger partial charge in [0, 0.05) is 25.6 Å². The first kappa shape index (κ1) is 20.9. The van der Waals surface area contributed by atoms with Crippen LogP contribution >= 0.6 is 22.9 Å². The maximum atomic E-state index is 14.5. The Labute approximate surface area is 180 Å². The monoisotopic (exact) mass is 452 g/mol. The molecule has 0 aliphatic carbocycles. The number of aliphatic hydroxyl groups excluding tert-OH is 1. The number of nitrogens with zero attached hydrogens (tertiary/aromatic N) is 3. The van der Waals surface area contributed by atoms with Crippen LogP contribution in [0, 0.1) is 17.6 Å². The molecule has 3 aromatic rings. The number of piperidine rings is 1. The van der Waals surface area contributed by atoms with Crippen LogP contribution in [0.15, 0.2) is 23.6 Å². The molecule has 1 saturated heterocycles. The molecule has 2 N–H and O–H groups in total. The first-order valence-corrected chi connectivity index (χ1v) is 10.8. The summed E-state index contributed by atoms with van der Waals surface area (Å²) in [7, 11) is 0. The lowest BCUT2D eigenvalue weighted by atomic mass is 9.96. The Morgan fingerprint density at radius 2 is 2.03 bits per heavy atom. The van der Waals surface area contributed by atoms with Crippen LogP contribution in [-0.2, 0) is 4.79 Å². The number of carbonyl (C=O) groups is 1. The highest BCUT2D eigenvalue weighted by molar-refractivity contribution is 7.17. The number of thiophene rings is 1. The number of aromatic nitrogens is 2. The average molecular weight is 453 g/mol. The molecule has 0 unspecified atom stereocenters. The van der Waals surface area contributed by atoms with E-state index in [0.29, 0.717) is 37.3 Å². The average Bonchev–Trinajstić information content (AvgIpc) is 3.22. The van der Waals surface area contributed by atoms with Gasteiger partial charge in [-0.15, -0.1) is 11.3 Å². The van der Waals surface area contributed by atoms with E-state index in [4.69, 9.17) is 16.7 Å². The van der Waals surface area contributed by atoms with Crippen LogP contribution < -0.4 is 10.2 Å². The van der Waals surface area contributed by atoms with Crippen molar-refractivity contribution < 1.29 is 18.7 Å². The third kappa shape index (κ3) is 4.10. The summed E-state index contributed by atoms with van der Waals surface area (Å²) in [6.07, 6.45) is 1.26. The van der Waals surface area contributed by atoms with E-state index in [1.807, 2.05) is 16.3 Å². The zero-order valence-electron chi connectivity index (χ0n) is 15.9. The van der Waals surface area contributed by atoms with Crippen molar-refractivity contribution >= 4 is 44.9 Å². The number of halogens is 3. The second-order valence-electron chi connectivity index (χ2n) is 7.03. The number of carbonyl (C=O) groups excluding carboxylic acids is 1. The van der Waals surface area contributed by atoms with Crippen molar-refractivity contribution in [1.29, 1.82) is 0 Å². The topological polar surface area (TPSA) is 78.4 Å². The van der Waals surface area contributed by atoms with E-state index in [1.165, 1.54) is 11.3 Å². The van der Waals surface area contributed by atoms with Crippen LogP contribution in [0.3, 0.4) is 0 Å². The molecule has 3 heterocycles. The Morgan fingerprint density at radius 1 is 1.27 bits per heavy atom. The molecule has 1 aliphatic rings. The molecule has 1 aliphatic heterocycles. The van der Waals surface area contributed by atoms with Crippen molar-refractivity contribution in [2.45, 2.75) is 12.8 Å². The minimum Gasteiger partial charge on any atom is -0.395 e. The highest BCUT2D eigenvalue weighted by Gasteiger charge is 2.27. The molecule has 0 saturated carbocycles. The number of amides is 1. The van der Waals surface area contributed by atoms with Crippen molar-refractivity contribution in [2.24, 2.45) is 5.92 Å². The Kier molecular flexibility index (Phi) is 6.12. The van der Waals surface area contributed by atoms with Crippen LogP contribution in [-0.4, -0.2) is 47.2 Å². The van der Waals surface area contributed by atoms with Gasteiger partial charge in [-0.2, -0.15) is 0 Å². The Bertz CT molecular complexity index is 1090. The first-order valence-electron chi connectivity index (χ1n) is 9.51. The molecule has 0 radical (unpaired) electrons. The van der Waals surface area contributed by atoms with Gasteiger partial charge in [0.25, 0.3) is 0 Å². The predicted octanol–water partition coefficient (Wildman–Crippen LogP) is 3.61. The lowest BCUT2D eigenvalue weighted by Crippen LogP contribution is -2.41. The number of aliphatic hydroxyl groups is 1. The summed E-state index contributed by atoms with van der Waals surface area (Å²) in [6.45, 7) is 1.34. The molecule has 2 aromatic heterocycles. The van der Waals surface area contributed by atoms with E-state index >= 15 is 0 Å². The molecule has 1 fully saturated rings. The van der Waals surface area contributed by atoms with Gasteiger partial charge in [0.05, 0.1) is 27.4 Å². The molecule has 30 heavy (non-hydrogen) atoms. The standard InChI is InChI=1S/C20H19ClF2N4O2S/c21-13-10-14(22)12(9-15(13)23)18-25-16-3-8-30-17(16)19(26-18)27-5-1-11(2-6-27)20(29)24-4-7-28/h3,8-11,28H,1-2,4-7H2,(H,24,29). The molecule has 1 amide bonds. The normalized spacial score (nSPS) is 15.0. The third-order valence-corrected chi connectivity index (χ3v) is 6.30. The van der Waals surface area contributed by atoms with E-state index in [0.717, 1.165) is 16.8 Å². The lowest BCUT2D eigenvalue weighted by Gasteiger charge is -2.32. The van der Waals surface area contributed by atoms with Gasteiger partial charge in [0.2, 0.25) is 5.91 Å². The molecule has 158 valence electrons. The third-order valence-electron chi connectivity index (χ3n) is 5.11. The largest absolute Gasteiger partial charge is 0.395 e. The molecular formula is C20H19ClF2N4O2S. The van der Waals surface area contributed by atoms with Crippen molar-refractivity contribution in [1.82, 2.24) is 15.3 Å². The number of hydrogen-bond donors (Lipinski definition) is 2. The molecular weight excluding hydrogens is 434 g/mol. The van der Waals surface area contributed by atoms with E-state index in [1.54, 1.807) is 0 Å². The first-order chi connectivity index (χ1) is 14.5. The summed E-state index contributed by atoms with van der Waals surface area (Å²) in [6, 6.07) is 3.74. The quantitative estimate of drug-likeness (QED) is 0.578. The van der Waals surface area contributed by atoms with Crippen molar-refractivity contribution in [3.63, 3.8) is 0 Å². The van der Waals surface area contributed by atoms with Crippen molar-refractivity contribution in [3.8, 4) is 11.4 Å². The number of fused-ring (bicyclic) bond motifs is 1. The molecule has 1 aromatic carbocycles. The van der Waals surface area contributed by atoms with E-state index in [9.17, 15) is 13.6 Å². The molecule has 0 bridgehead atoms. The van der Waals surface area contributed by atoms with Gasteiger partial charge in [-0.25, -0.2) is 18.7 Å². The number of rotatable bonds is 5. The van der Waals surface area contributed by atoms with Gasteiger partial charge >= 0.3 is 0 Å².